The molecule has 1 saturated heterocycles. The largest absolute Gasteiger partial charge is 0.485 e. The molecule has 4 aromatic heterocycles. The zero-order valence-electron chi connectivity index (χ0n) is 26.8. The molecular formula is C34H35N9O5. The Morgan fingerprint density at radius 3 is 2.67 bits per heavy atom. The highest BCUT2D eigenvalue weighted by atomic mass is 16.5. The number of hydrogen-bond donors (Lipinski definition) is 0. The van der Waals surface area contributed by atoms with Crippen LogP contribution in [0.1, 0.15) is 45.5 Å². The van der Waals surface area contributed by atoms with Gasteiger partial charge in [-0.2, -0.15) is 9.50 Å². The van der Waals surface area contributed by atoms with Crippen LogP contribution in [0.2, 0.25) is 0 Å². The highest BCUT2D eigenvalue weighted by molar-refractivity contribution is 5.95. The number of amides is 1. The Balaban J connectivity index is 1.17. The lowest BCUT2D eigenvalue weighted by molar-refractivity contribution is -0.108. The summed E-state index contributed by atoms with van der Waals surface area (Å²) in [5, 5.41) is 4.66. The van der Waals surface area contributed by atoms with Gasteiger partial charge in [-0.3, -0.25) is 14.6 Å². The lowest BCUT2D eigenvalue weighted by atomic mass is 10.00. The highest BCUT2D eigenvalue weighted by Gasteiger charge is 2.31. The molecule has 0 aliphatic carbocycles. The van der Waals surface area contributed by atoms with E-state index in [2.05, 4.69) is 20.1 Å². The number of fused-ring (bicyclic) bond motifs is 2. The van der Waals surface area contributed by atoms with Crippen LogP contribution in [0.15, 0.2) is 53.8 Å². The molecule has 0 unspecified atom stereocenters. The van der Waals surface area contributed by atoms with Crippen LogP contribution in [0.25, 0.3) is 17.2 Å². The van der Waals surface area contributed by atoms with Gasteiger partial charge in [-0.1, -0.05) is 37.3 Å². The summed E-state index contributed by atoms with van der Waals surface area (Å²) in [7, 11) is 0. The smallest absolute Gasteiger partial charge is 0.299 e. The molecule has 0 spiro atoms. The second-order valence-electron chi connectivity index (χ2n) is 11.7. The minimum atomic E-state index is -0.327. The van der Waals surface area contributed by atoms with Gasteiger partial charge in [0.2, 0.25) is 5.78 Å². The first-order valence-corrected chi connectivity index (χ1v) is 16.0. The molecule has 5 aromatic rings. The quantitative estimate of drug-likeness (QED) is 0.217. The zero-order chi connectivity index (χ0) is 33.2. The van der Waals surface area contributed by atoms with Crippen molar-refractivity contribution in [3.8, 4) is 17.1 Å². The molecule has 2 aliphatic rings. The molecule has 6 heterocycles. The van der Waals surface area contributed by atoms with Crippen molar-refractivity contribution in [1.29, 1.82) is 0 Å². The van der Waals surface area contributed by atoms with Gasteiger partial charge < -0.3 is 28.6 Å². The third-order valence-electron chi connectivity index (χ3n) is 8.85. The lowest BCUT2D eigenvalue weighted by Gasteiger charge is -2.36. The maximum absolute atomic E-state index is 14.2. The molecule has 14 heteroatoms. The van der Waals surface area contributed by atoms with E-state index in [0.29, 0.717) is 86.7 Å². The molecule has 0 bridgehead atoms. The third kappa shape index (κ3) is 5.68. The first-order valence-electron chi connectivity index (χ1n) is 16.0. The van der Waals surface area contributed by atoms with E-state index in [4.69, 9.17) is 14.5 Å². The molecule has 0 saturated carbocycles. The zero-order valence-corrected chi connectivity index (χ0v) is 26.8. The number of carbonyl (C=O) groups is 2. The summed E-state index contributed by atoms with van der Waals surface area (Å²) >= 11 is 0. The monoisotopic (exact) mass is 649 g/mol. The van der Waals surface area contributed by atoms with Gasteiger partial charge in [-0.25, -0.2) is 9.97 Å². The number of nitrogens with zero attached hydrogens (tertiary/aromatic N) is 9. The molecule has 0 N–H and O–H groups in total. The van der Waals surface area contributed by atoms with Gasteiger partial charge >= 0.3 is 0 Å². The first kappa shape index (κ1) is 31.1. The summed E-state index contributed by atoms with van der Waals surface area (Å²) in [5.74, 6) is 0.758. The lowest BCUT2D eigenvalue weighted by Crippen LogP contribution is -2.51. The molecule has 1 aromatic carbocycles. The number of carbonyl (C=O) groups excluding carboxylic acids is 2. The average molecular weight is 650 g/mol. The minimum absolute atomic E-state index is 0.00828. The molecule has 0 radical (unpaired) electrons. The summed E-state index contributed by atoms with van der Waals surface area (Å²) in [6.07, 6.45) is 6.82. The SMILES string of the molecule is CCc1c(N2CCN(C(=O)c3ncnc(C)c3OCc3ccccc3)CC2)c(=O)n2nc(-c3cncc4c3CCOC4)nc2n1CC=O. The van der Waals surface area contributed by atoms with Gasteiger partial charge in [0.05, 0.1) is 31.1 Å². The van der Waals surface area contributed by atoms with Gasteiger partial charge in [-0.15, -0.1) is 5.10 Å². The summed E-state index contributed by atoms with van der Waals surface area (Å²) in [5.41, 5.74) is 5.31. The van der Waals surface area contributed by atoms with Crippen LogP contribution in [-0.2, 0) is 42.1 Å². The molecule has 14 nitrogen and oxygen atoms in total. The first-order chi connectivity index (χ1) is 23.5. The van der Waals surface area contributed by atoms with Crippen LogP contribution < -0.4 is 15.2 Å². The summed E-state index contributed by atoms with van der Waals surface area (Å²) in [6.45, 7) is 6.53. The van der Waals surface area contributed by atoms with Crippen LogP contribution >= 0.6 is 0 Å². The molecule has 246 valence electrons. The second kappa shape index (κ2) is 13.3. The van der Waals surface area contributed by atoms with Gasteiger partial charge in [0.25, 0.3) is 11.5 Å². The van der Waals surface area contributed by atoms with Crippen molar-refractivity contribution in [2.24, 2.45) is 0 Å². The van der Waals surface area contributed by atoms with Gasteiger partial charge in [0.1, 0.15) is 24.9 Å². The fourth-order valence-corrected chi connectivity index (χ4v) is 6.44. The van der Waals surface area contributed by atoms with Gasteiger partial charge in [-0.05, 0) is 30.9 Å². The highest BCUT2D eigenvalue weighted by Crippen LogP contribution is 2.29. The number of ether oxygens (including phenoxy) is 2. The molecule has 2 aliphatic heterocycles. The normalized spacial score (nSPS) is 14.6. The number of aryl methyl sites for hydroxylation is 1. The Morgan fingerprint density at radius 2 is 1.90 bits per heavy atom. The Kier molecular flexibility index (Phi) is 8.63. The Morgan fingerprint density at radius 1 is 1.08 bits per heavy atom. The van der Waals surface area contributed by atoms with Crippen molar-refractivity contribution < 1.29 is 19.1 Å². The van der Waals surface area contributed by atoms with Crippen LogP contribution in [0.4, 0.5) is 5.69 Å². The molecule has 1 amide bonds. The van der Waals surface area contributed by atoms with E-state index in [1.165, 1.54) is 10.8 Å². The van der Waals surface area contributed by atoms with E-state index in [1.807, 2.05) is 42.2 Å². The van der Waals surface area contributed by atoms with E-state index in [-0.39, 0.29) is 30.3 Å². The van der Waals surface area contributed by atoms with Crippen LogP contribution in [0, 0.1) is 6.92 Å². The Bertz CT molecular complexity index is 2050. The molecule has 1 fully saturated rings. The fourth-order valence-electron chi connectivity index (χ4n) is 6.44. The number of rotatable bonds is 9. The predicted octanol–water partition coefficient (Wildman–Crippen LogP) is 2.43. The van der Waals surface area contributed by atoms with E-state index in [9.17, 15) is 14.4 Å². The maximum Gasteiger partial charge on any atom is 0.299 e. The van der Waals surface area contributed by atoms with E-state index in [0.717, 1.165) is 28.5 Å². The van der Waals surface area contributed by atoms with Crippen LogP contribution in [-0.4, -0.2) is 84.0 Å². The van der Waals surface area contributed by atoms with Crippen LogP contribution in [0.3, 0.4) is 0 Å². The third-order valence-corrected chi connectivity index (χ3v) is 8.85. The molecule has 0 atom stereocenters. The van der Waals surface area contributed by atoms with Crippen molar-refractivity contribution in [1.82, 2.24) is 39.0 Å². The van der Waals surface area contributed by atoms with Crippen molar-refractivity contribution in [3.63, 3.8) is 0 Å². The van der Waals surface area contributed by atoms with Gasteiger partial charge in [0.15, 0.2) is 17.3 Å². The Labute approximate surface area is 276 Å². The average Bonchev–Trinajstić information content (AvgIpc) is 3.58. The minimum Gasteiger partial charge on any atom is -0.485 e. The molecule has 7 rings (SSSR count). The number of hydrogen-bond acceptors (Lipinski definition) is 11. The standard InChI is InChI=1S/C34H35N9O5/c1-3-27-29(33(46)43-34(42(27)14-15-44)38-31(39-43)26-18-35-17-24-20-47-16-9-25(24)26)40-10-12-41(13-11-40)32(45)28-30(22(2)36-21-37-28)48-19-23-7-5-4-6-8-23/h4-8,15,17-18,21H,3,9-14,16,19-20H2,1-2H3. The predicted molar refractivity (Wildman–Crippen MR) is 175 cm³/mol. The van der Waals surface area contributed by atoms with Gasteiger partial charge in [0, 0.05) is 49.7 Å². The van der Waals surface area contributed by atoms with E-state index >= 15 is 0 Å². The van der Waals surface area contributed by atoms with E-state index in [1.54, 1.807) is 28.8 Å². The number of aromatic nitrogens is 7. The maximum atomic E-state index is 14.2. The fraction of sp³-hybridized carbons (Fsp3) is 0.353. The number of pyridine rings is 1. The summed E-state index contributed by atoms with van der Waals surface area (Å²) in [4.78, 5) is 61.2. The van der Waals surface area contributed by atoms with Crippen LogP contribution in [0.5, 0.6) is 5.75 Å². The second-order valence-corrected chi connectivity index (χ2v) is 11.7. The van der Waals surface area contributed by atoms with E-state index < -0.39 is 0 Å². The molecule has 48 heavy (non-hydrogen) atoms. The number of piperazine rings is 1. The topological polar surface area (TPSA) is 150 Å². The van der Waals surface area contributed by atoms with Crippen molar-refractivity contribution in [2.75, 3.05) is 37.7 Å². The van der Waals surface area contributed by atoms with Crippen molar-refractivity contribution >= 4 is 23.7 Å². The molecular weight excluding hydrogens is 614 g/mol. The van der Waals surface area contributed by atoms with Crippen molar-refractivity contribution in [2.45, 2.75) is 46.4 Å². The van der Waals surface area contributed by atoms with Crippen molar-refractivity contribution in [3.05, 3.63) is 93.2 Å². The summed E-state index contributed by atoms with van der Waals surface area (Å²) < 4.78 is 14.7. The number of anilines is 1. The number of aldehydes is 1. The Hall–Kier alpha value is -5.50. The summed E-state index contributed by atoms with van der Waals surface area (Å²) in [6, 6.07) is 9.69. The number of benzene rings is 1.